The van der Waals surface area contributed by atoms with Gasteiger partial charge in [0, 0.05) is 12.8 Å². The predicted molar refractivity (Wildman–Crippen MR) is 247 cm³/mol. The van der Waals surface area contributed by atoms with Crippen molar-refractivity contribution in [2.75, 3.05) is 26.4 Å². The summed E-state index contributed by atoms with van der Waals surface area (Å²) in [5.41, 5.74) is 0. The third kappa shape index (κ3) is 44.8. The fourth-order valence-corrected chi connectivity index (χ4v) is 8.07. The molecule has 10 nitrogen and oxygen atoms in total. The predicted octanol–water partition coefficient (Wildman–Crippen LogP) is 14.0. The second-order valence-corrected chi connectivity index (χ2v) is 18.7. The summed E-state index contributed by atoms with van der Waals surface area (Å²) in [7, 11) is -4.62. The summed E-state index contributed by atoms with van der Waals surface area (Å²) in [5, 5.41) is 18.4. The second kappa shape index (κ2) is 45.7. The van der Waals surface area contributed by atoms with E-state index < -0.39 is 51.8 Å². The number of hydrogen-bond donors (Lipinski definition) is 3. The molecule has 0 aliphatic carbocycles. The van der Waals surface area contributed by atoms with Crippen LogP contribution in [0.4, 0.5) is 0 Å². The molecule has 0 aromatic rings. The number of carbonyl (C=O) groups is 2. The minimum absolute atomic E-state index is 0.187. The number of unbranched alkanes of at least 4 members (excludes halogenated alkanes) is 32. The van der Waals surface area contributed by atoms with Crippen molar-refractivity contribution in [3.63, 3.8) is 0 Å². The Kier molecular flexibility index (Phi) is 44.7. The second-order valence-electron chi connectivity index (χ2n) is 17.2. The van der Waals surface area contributed by atoms with Crippen LogP contribution in [0.25, 0.3) is 0 Å². The van der Waals surface area contributed by atoms with E-state index in [0.29, 0.717) is 12.8 Å². The molecule has 3 N–H and O–H groups in total. The van der Waals surface area contributed by atoms with Gasteiger partial charge in [-0.05, 0) is 38.5 Å². The molecule has 0 aliphatic rings. The van der Waals surface area contributed by atoms with Crippen LogP contribution >= 0.6 is 7.82 Å². The van der Waals surface area contributed by atoms with Gasteiger partial charge in [0.25, 0.3) is 0 Å². The number of ether oxygens (including phenoxy) is 2. The molecule has 3 atom stereocenters. The molecule has 0 heterocycles. The van der Waals surface area contributed by atoms with Crippen LogP contribution in [0.15, 0.2) is 12.2 Å². The Labute approximate surface area is 368 Å². The van der Waals surface area contributed by atoms with Crippen molar-refractivity contribution in [3.8, 4) is 0 Å². The molecule has 0 radical (unpaired) electrons. The highest BCUT2D eigenvalue weighted by atomic mass is 31.2. The van der Waals surface area contributed by atoms with Gasteiger partial charge in [-0.1, -0.05) is 212 Å². The third-order valence-corrected chi connectivity index (χ3v) is 12.1. The number of hydrogen-bond acceptors (Lipinski definition) is 9. The largest absolute Gasteiger partial charge is 0.472 e. The van der Waals surface area contributed by atoms with Gasteiger partial charge in [-0.2, -0.15) is 0 Å². The normalized spacial score (nSPS) is 13.8. The SMILES string of the molecule is CCCCCCCC/C=C\CCCCCCCCCCCC(=O)OC(COC(=O)CCCCCCCCCCCCCCCCCCCC)COP(=O)(O)OCC(O)CO. The highest BCUT2D eigenvalue weighted by molar-refractivity contribution is 7.47. The van der Waals surface area contributed by atoms with Gasteiger partial charge in [0.2, 0.25) is 0 Å². The number of aliphatic hydroxyl groups excluding tert-OH is 2. The molecular formula is C49H95O10P. The molecule has 0 saturated heterocycles. The van der Waals surface area contributed by atoms with Gasteiger partial charge in [-0.3, -0.25) is 18.6 Å². The van der Waals surface area contributed by atoms with Gasteiger partial charge in [0.05, 0.1) is 19.8 Å². The molecule has 0 spiro atoms. The summed E-state index contributed by atoms with van der Waals surface area (Å²) in [6, 6.07) is 0. The molecule has 0 bridgehead atoms. The van der Waals surface area contributed by atoms with Crippen LogP contribution < -0.4 is 0 Å². The van der Waals surface area contributed by atoms with Gasteiger partial charge in [-0.15, -0.1) is 0 Å². The topological polar surface area (TPSA) is 149 Å². The first kappa shape index (κ1) is 58.7. The Hall–Kier alpha value is -1.29. The molecule has 0 saturated carbocycles. The van der Waals surface area contributed by atoms with E-state index in [1.54, 1.807) is 0 Å². The van der Waals surface area contributed by atoms with E-state index in [4.69, 9.17) is 23.6 Å². The van der Waals surface area contributed by atoms with E-state index in [1.807, 2.05) is 0 Å². The van der Waals surface area contributed by atoms with E-state index in [-0.39, 0.29) is 19.4 Å². The summed E-state index contributed by atoms with van der Waals surface area (Å²) in [6.45, 7) is 2.43. The van der Waals surface area contributed by atoms with Crippen molar-refractivity contribution in [2.24, 2.45) is 0 Å². The Morgan fingerprint density at radius 1 is 0.483 bits per heavy atom. The summed E-state index contributed by atoms with van der Waals surface area (Å²) >= 11 is 0. The highest BCUT2D eigenvalue weighted by Gasteiger charge is 2.27. The number of allylic oxidation sites excluding steroid dienone is 2. The fourth-order valence-electron chi connectivity index (χ4n) is 7.28. The van der Waals surface area contributed by atoms with Gasteiger partial charge >= 0.3 is 19.8 Å². The number of esters is 2. The van der Waals surface area contributed by atoms with E-state index >= 15 is 0 Å². The zero-order valence-electron chi connectivity index (χ0n) is 38.9. The lowest BCUT2D eigenvalue weighted by Crippen LogP contribution is -2.29. The van der Waals surface area contributed by atoms with Gasteiger partial charge in [-0.25, -0.2) is 4.57 Å². The molecule has 0 fully saturated rings. The third-order valence-electron chi connectivity index (χ3n) is 11.2. The van der Waals surface area contributed by atoms with E-state index in [1.165, 1.54) is 180 Å². The van der Waals surface area contributed by atoms with Gasteiger partial charge in [0.1, 0.15) is 12.7 Å². The molecule has 60 heavy (non-hydrogen) atoms. The van der Waals surface area contributed by atoms with Crippen molar-refractivity contribution in [1.29, 1.82) is 0 Å². The smallest absolute Gasteiger partial charge is 0.462 e. The number of phosphoric ester groups is 1. The van der Waals surface area contributed by atoms with Crippen LogP contribution in [0.3, 0.4) is 0 Å². The number of aliphatic hydroxyl groups is 2. The summed E-state index contributed by atoms with van der Waals surface area (Å²) < 4.78 is 32.9. The quantitative estimate of drug-likeness (QED) is 0.0233. The van der Waals surface area contributed by atoms with Crippen LogP contribution in [-0.4, -0.2) is 65.7 Å². The van der Waals surface area contributed by atoms with Crippen LogP contribution in [0.2, 0.25) is 0 Å². The number of carbonyl (C=O) groups excluding carboxylic acids is 2. The zero-order chi connectivity index (χ0) is 44.0. The first-order valence-electron chi connectivity index (χ1n) is 25.1. The maximum atomic E-state index is 12.7. The fraction of sp³-hybridized carbons (Fsp3) is 0.918. The Morgan fingerprint density at radius 2 is 0.817 bits per heavy atom. The minimum atomic E-state index is -4.62. The monoisotopic (exact) mass is 875 g/mol. The lowest BCUT2D eigenvalue weighted by molar-refractivity contribution is -0.161. The molecule has 11 heteroatoms. The summed E-state index contributed by atoms with van der Waals surface area (Å²) in [4.78, 5) is 35.1. The lowest BCUT2D eigenvalue weighted by Gasteiger charge is -2.20. The highest BCUT2D eigenvalue weighted by Crippen LogP contribution is 2.43. The van der Waals surface area contributed by atoms with Crippen molar-refractivity contribution in [3.05, 3.63) is 12.2 Å². The Morgan fingerprint density at radius 3 is 1.20 bits per heavy atom. The van der Waals surface area contributed by atoms with Crippen molar-refractivity contribution >= 4 is 19.8 Å². The lowest BCUT2D eigenvalue weighted by atomic mass is 10.0. The molecule has 0 aromatic carbocycles. The van der Waals surface area contributed by atoms with E-state index in [0.717, 1.165) is 32.1 Å². The first-order chi connectivity index (χ1) is 29.2. The average Bonchev–Trinajstić information content (AvgIpc) is 3.24. The molecule has 356 valence electrons. The molecule has 0 rings (SSSR count). The van der Waals surface area contributed by atoms with Gasteiger partial charge in [0.15, 0.2) is 6.10 Å². The van der Waals surface area contributed by atoms with Gasteiger partial charge < -0.3 is 24.6 Å². The Balaban J connectivity index is 4.16. The average molecular weight is 875 g/mol. The number of rotatable bonds is 48. The van der Waals surface area contributed by atoms with Crippen molar-refractivity contribution in [1.82, 2.24) is 0 Å². The van der Waals surface area contributed by atoms with Crippen molar-refractivity contribution < 1.29 is 47.8 Å². The molecule has 0 aliphatic heterocycles. The van der Waals surface area contributed by atoms with E-state index in [2.05, 4.69) is 26.0 Å². The van der Waals surface area contributed by atoms with Crippen LogP contribution in [-0.2, 0) is 32.7 Å². The van der Waals surface area contributed by atoms with Crippen LogP contribution in [0.1, 0.15) is 251 Å². The number of phosphoric acid groups is 1. The zero-order valence-corrected chi connectivity index (χ0v) is 39.8. The maximum absolute atomic E-state index is 12.7. The van der Waals surface area contributed by atoms with Crippen LogP contribution in [0, 0.1) is 0 Å². The standard InChI is InChI=1S/C49H95O10P/c1-3-5-7-9-11-13-15-17-19-21-23-25-27-29-31-33-35-37-39-41-49(53)59-47(45-58-60(54,55)57-43-46(51)42-50)44-56-48(52)40-38-36-34-32-30-28-26-24-22-20-18-16-14-12-10-8-6-4-2/h17,19,46-47,50-51H,3-16,18,20-45H2,1-2H3,(H,54,55)/b19-17-. The maximum Gasteiger partial charge on any atom is 0.472 e. The van der Waals surface area contributed by atoms with Crippen molar-refractivity contribution in [2.45, 2.75) is 264 Å². The molecular weight excluding hydrogens is 780 g/mol. The van der Waals surface area contributed by atoms with Crippen LogP contribution in [0.5, 0.6) is 0 Å². The summed E-state index contributed by atoms with van der Waals surface area (Å²) in [6.07, 6.45) is 46.0. The molecule has 3 unspecified atom stereocenters. The summed E-state index contributed by atoms with van der Waals surface area (Å²) in [5.74, 6) is -0.911. The Bertz CT molecular complexity index is 1010. The first-order valence-corrected chi connectivity index (χ1v) is 26.6. The minimum Gasteiger partial charge on any atom is -0.462 e. The molecule has 0 aromatic heterocycles. The molecule has 0 amide bonds. The van der Waals surface area contributed by atoms with E-state index in [9.17, 15) is 24.2 Å².